The number of nitrogens with two attached hydrogens (primary N) is 1. The van der Waals surface area contributed by atoms with Crippen LogP contribution in [0.3, 0.4) is 0 Å². The van der Waals surface area contributed by atoms with Crippen LogP contribution in [-0.4, -0.2) is 25.7 Å². The number of carboxylic acid groups (broad SMARTS) is 1. The molecule has 0 amide bonds. The van der Waals surface area contributed by atoms with E-state index in [1.165, 1.54) is 24.3 Å². The molecule has 0 heterocycles. The van der Waals surface area contributed by atoms with Gasteiger partial charge in [-0.2, -0.15) is 22.0 Å². The van der Waals surface area contributed by atoms with Crippen LogP contribution in [0.25, 0.3) is 11.1 Å². The van der Waals surface area contributed by atoms with Crippen molar-refractivity contribution in [2.45, 2.75) is 23.9 Å². The van der Waals surface area contributed by atoms with E-state index in [-0.39, 0.29) is 17.7 Å². The summed E-state index contributed by atoms with van der Waals surface area (Å²) >= 11 is 0. The zero-order valence-electron chi connectivity index (χ0n) is 13.5. The highest BCUT2D eigenvalue weighted by molar-refractivity contribution is 7.89. The predicted octanol–water partition coefficient (Wildman–Crippen LogP) is 3.66. The Kier molecular flexibility index (Phi) is 5.06. The third-order valence-electron chi connectivity index (χ3n) is 3.71. The van der Waals surface area contributed by atoms with Crippen LogP contribution >= 0.6 is 0 Å². The molecule has 2 aromatic rings. The number of halogens is 5. The minimum Gasteiger partial charge on any atom is -0.478 e. The van der Waals surface area contributed by atoms with Crippen LogP contribution in [0.1, 0.15) is 21.5 Å². The lowest BCUT2D eigenvalue weighted by atomic mass is 9.94. The first-order valence-corrected chi connectivity index (χ1v) is 8.67. The van der Waals surface area contributed by atoms with Gasteiger partial charge >= 0.3 is 18.1 Å². The Morgan fingerprint density at radius 2 is 1.56 bits per heavy atom. The third kappa shape index (κ3) is 3.93. The topological polar surface area (TPSA) is 97.5 Å². The van der Waals surface area contributed by atoms with E-state index in [2.05, 4.69) is 0 Å². The van der Waals surface area contributed by atoms with E-state index in [4.69, 9.17) is 10.2 Å². The lowest BCUT2D eigenvalue weighted by Crippen LogP contribution is -2.35. The molecule has 0 aliphatic carbocycles. The second-order valence-corrected chi connectivity index (χ2v) is 7.21. The maximum absolute atomic E-state index is 13.9. The standard InChI is InChI=1S/C16H12F5NO4S/c1-8-2-4-9(5-3-8)10-6-12(15(17,18)16(19,20)21)11(14(23)24)7-13(10)27(22,25)26/h2-7H,1H3,(H,23,24)(H2,22,25,26). The molecule has 146 valence electrons. The van der Waals surface area contributed by atoms with Gasteiger partial charge in [-0.1, -0.05) is 29.8 Å². The van der Waals surface area contributed by atoms with Gasteiger partial charge in [0.25, 0.3) is 0 Å². The Bertz CT molecular complexity index is 999. The van der Waals surface area contributed by atoms with E-state index in [0.29, 0.717) is 5.56 Å². The van der Waals surface area contributed by atoms with Crippen molar-refractivity contribution in [1.82, 2.24) is 0 Å². The first-order chi connectivity index (χ1) is 12.2. The average molecular weight is 409 g/mol. The molecule has 0 aromatic heterocycles. The van der Waals surface area contributed by atoms with Crippen LogP contribution in [-0.2, 0) is 15.9 Å². The number of benzene rings is 2. The molecule has 0 atom stereocenters. The van der Waals surface area contributed by atoms with Gasteiger partial charge < -0.3 is 5.11 Å². The summed E-state index contributed by atoms with van der Waals surface area (Å²) in [5, 5.41) is 14.1. The lowest BCUT2D eigenvalue weighted by Gasteiger charge is -2.23. The maximum atomic E-state index is 13.9. The minimum atomic E-state index is -6.09. The van der Waals surface area contributed by atoms with Gasteiger partial charge in [0.1, 0.15) is 0 Å². The minimum absolute atomic E-state index is 0.0270. The molecule has 0 fully saturated rings. The van der Waals surface area contributed by atoms with Crippen LogP contribution in [0, 0.1) is 6.92 Å². The van der Waals surface area contributed by atoms with E-state index in [0.717, 1.165) is 0 Å². The molecule has 2 aromatic carbocycles. The van der Waals surface area contributed by atoms with Crippen molar-refractivity contribution in [2.24, 2.45) is 5.14 Å². The number of primary sulfonamides is 1. The molecule has 0 radical (unpaired) electrons. The largest absolute Gasteiger partial charge is 0.478 e. The fourth-order valence-corrected chi connectivity index (χ4v) is 3.13. The molecule has 0 saturated heterocycles. The number of aromatic carboxylic acids is 1. The van der Waals surface area contributed by atoms with Gasteiger partial charge in [0.05, 0.1) is 10.5 Å². The number of carboxylic acids is 1. The average Bonchev–Trinajstić information content (AvgIpc) is 2.52. The number of carbonyl (C=O) groups is 1. The quantitative estimate of drug-likeness (QED) is 0.753. The van der Waals surface area contributed by atoms with E-state index < -0.39 is 49.7 Å². The van der Waals surface area contributed by atoms with Gasteiger partial charge in [0.2, 0.25) is 10.0 Å². The van der Waals surface area contributed by atoms with Gasteiger partial charge in [-0.15, -0.1) is 0 Å². The SMILES string of the molecule is Cc1ccc(-c2cc(C(F)(F)C(F)(F)F)c(C(=O)O)cc2S(N)(=O)=O)cc1. The van der Waals surface area contributed by atoms with Crippen LogP contribution in [0.5, 0.6) is 0 Å². The van der Waals surface area contributed by atoms with Crippen molar-refractivity contribution in [2.75, 3.05) is 0 Å². The van der Waals surface area contributed by atoms with Crippen LogP contribution in [0.15, 0.2) is 41.3 Å². The van der Waals surface area contributed by atoms with E-state index >= 15 is 0 Å². The molecular formula is C16H12F5NO4S. The second kappa shape index (κ2) is 6.57. The Labute approximate surface area is 150 Å². The van der Waals surface area contributed by atoms with Crippen molar-refractivity contribution >= 4 is 16.0 Å². The molecule has 11 heteroatoms. The number of aryl methyl sites for hydroxylation is 1. The fourth-order valence-electron chi connectivity index (χ4n) is 2.36. The summed E-state index contributed by atoms with van der Waals surface area (Å²) in [6, 6.07) is 5.91. The molecule has 3 N–H and O–H groups in total. The van der Waals surface area contributed by atoms with Gasteiger partial charge in [-0.3, -0.25) is 0 Å². The molecule has 2 rings (SSSR count). The Hall–Kier alpha value is -2.53. The molecular weight excluding hydrogens is 397 g/mol. The molecule has 5 nitrogen and oxygen atoms in total. The maximum Gasteiger partial charge on any atom is 0.458 e. The van der Waals surface area contributed by atoms with Crippen LogP contribution in [0.2, 0.25) is 0 Å². The summed E-state index contributed by atoms with van der Waals surface area (Å²) in [5.41, 5.74) is -3.29. The Morgan fingerprint density at radius 1 is 1.04 bits per heavy atom. The Morgan fingerprint density at radius 3 is 1.96 bits per heavy atom. The number of sulfonamides is 1. The predicted molar refractivity (Wildman–Crippen MR) is 84.9 cm³/mol. The number of rotatable bonds is 4. The summed E-state index contributed by atoms with van der Waals surface area (Å²) in [4.78, 5) is 10.3. The van der Waals surface area contributed by atoms with Crippen LogP contribution in [0.4, 0.5) is 22.0 Å². The molecule has 0 saturated carbocycles. The summed E-state index contributed by atoms with van der Waals surface area (Å²) in [6.45, 7) is 1.67. The normalized spacial score (nSPS) is 12.9. The molecule has 0 aliphatic heterocycles. The fraction of sp³-hybridized carbons (Fsp3) is 0.188. The van der Waals surface area contributed by atoms with Gasteiger partial charge in [-0.25, -0.2) is 18.4 Å². The highest BCUT2D eigenvalue weighted by atomic mass is 32.2. The number of alkyl halides is 5. The molecule has 0 spiro atoms. The highest BCUT2D eigenvalue weighted by Crippen LogP contribution is 2.47. The second-order valence-electron chi connectivity index (χ2n) is 5.68. The molecule has 0 aliphatic rings. The molecule has 0 bridgehead atoms. The summed E-state index contributed by atoms with van der Waals surface area (Å²) < 4.78 is 89.8. The van der Waals surface area contributed by atoms with Gasteiger partial charge in [-0.05, 0) is 24.6 Å². The van der Waals surface area contributed by atoms with Crippen molar-refractivity contribution in [3.63, 3.8) is 0 Å². The number of hydrogen-bond acceptors (Lipinski definition) is 3. The summed E-state index contributed by atoms with van der Waals surface area (Å²) in [7, 11) is -4.63. The van der Waals surface area contributed by atoms with Crippen molar-refractivity contribution < 1.29 is 40.3 Å². The van der Waals surface area contributed by atoms with E-state index in [1.807, 2.05) is 0 Å². The smallest absolute Gasteiger partial charge is 0.458 e. The highest BCUT2D eigenvalue weighted by Gasteiger charge is 2.60. The van der Waals surface area contributed by atoms with Crippen molar-refractivity contribution in [3.8, 4) is 11.1 Å². The van der Waals surface area contributed by atoms with Gasteiger partial charge in [0, 0.05) is 11.1 Å². The summed E-state index contributed by atoms with van der Waals surface area (Å²) in [5.74, 6) is -7.69. The van der Waals surface area contributed by atoms with Crippen molar-refractivity contribution in [3.05, 3.63) is 53.1 Å². The zero-order chi connectivity index (χ0) is 20.8. The monoisotopic (exact) mass is 409 g/mol. The lowest BCUT2D eigenvalue weighted by molar-refractivity contribution is -0.289. The first kappa shape index (κ1) is 20.8. The Balaban J connectivity index is 2.96. The first-order valence-electron chi connectivity index (χ1n) is 7.12. The van der Waals surface area contributed by atoms with Crippen molar-refractivity contribution in [1.29, 1.82) is 0 Å². The molecule has 0 unspecified atom stereocenters. The summed E-state index contributed by atoms with van der Waals surface area (Å²) in [6.07, 6.45) is -6.09. The van der Waals surface area contributed by atoms with Crippen LogP contribution < -0.4 is 5.14 Å². The zero-order valence-corrected chi connectivity index (χ0v) is 14.3. The number of hydrogen-bond donors (Lipinski definition) is 2. The van der Waals surface area contributed by atoms with E-state index in [9.17, 15) is 35.2 Å². The van der Waals surface area contributed by atoms with Gasteiger partial charge in [0.15, 0.2) is 0 Å². The van der Waals surface area contributed by atoms with E-state index in [1.54, 1.807) is 6.92 Å². The third-order valence-corrected chi connectivity index (χ3v) is 4.66. The molecule has 27 heavy (non-hydrogen) atoms.